The standard InChI is InChI=1S/C18H13N3O4/c19-9-13-5-7-15(8-6-13)21-17(22)11-25-18(23)12-24-16-4-2-1-3-14(16)10-20/h1-8H,11-12H2,(H,21,22). The number of nitriles is 2. The number of amides is 1. The zero-order valence-electron chi connectivity index (χ0n) is 13.1. The van der Waals surface area contributed by atoms with Crippen molar-refractivity contribution in [3.8, 4) is 17.9 Å². The van der Waals surface area contributed by atoms with Crippen LogP contribution in [0.15, 0.2) is 48.5 Å². The van der Waals surface area contributed by atoms with Crippen molar-refractivity contribution < 1.29 is 19.1 Å². The van der Waals surface area contributed by atoms with E-state index in [1.54, 1.807) is 48.5 Å². The normalized spacial score (nSPS) is 9.36. The molecule has 0 unspecified atom stereocenters. The van der Waals surface area contributed by atoms with Crippen molar-refractivity contribution in [2.24, 2.45) is 0 Å². The van der Waals surface area contributed by atoms with Crippen LogP contribution in [-0.4, -0.2) is 25.1 Å². The Balaban J connectivity index is 1.76. The van der Waals surface area contributed by atoms with Crippen LogP contribution in [0.25, 0.3) is 0 Å². The van der Waals surface area contributed by atoms with Crippen molar-refractivity contribution in [3.63, 3.8) is 0 Å². The Labute approximate surface area is 144 Å². The van der Waals surface area contributed by atoms with E-state index in [2.05, 4.69) is 5.32 Å². The van der Waals surface area contributed by atoms with Crippen LogP contribution in [0.3, 0.4) is 0 Å². The fraction of sp³-hybridized carbons (Fsp3) is 0.111. The molecule has 0 saturated carbocycles. The molecule has 0 spiro atoms. The van der Waals surface area contributed by atoms with Gasteiger partial charge >= 0.3 is 5.97 Å². The molecule has 2 rings (SSSR count). The van der Waals surface area contributed by atoms with Gasteiger partial charge in [0.15, 0.2) is 13.2 Å². The number of nitrogens with zero attached hydrogens (tertiary/aromatic N) is 2. The summed E-state index contributed by atoms with van der Waals surface area (Å²) in [5.74, 6) is -0.984. The zero-order valence-corrected chi connectivity index (χ0v) is 13.1. The number of hydrogen-bond acceptors (Lipinski definition) is 6. The molecule has 0 bridgehead atoms. The van der Waals surface area contributed by atoms with E-state index in [1.165, 1.54) is 0 Å². The SMILES string of the molecule is N#Cc1ccc(NC(=O)COC(=O)COc2ccccc2C#N)cc1. The molecule has 2 aromatic carbocycles. The third-order valence-corrected chi connectivity index (χ3v) is 3.02. The molecule has 7 heteroatoms. The number of rotatable bonds is 6. The number of ether oxygens (including phenoxy) is 2. The molecule has 0 fully saturated rings. The first-order valence-corrected chi connectivity index (χ1v) is 7.20. The van der Waals surface area contributed by atoms with E-state index in [1.807, 2.05) is 12.1 Å². The first-order chi connectivity index (χ1) is 12.1. The van der Waals surface area contributed by atoms with Crippen LogP contribution < -0.4 is 10.1 Å². The minimum Gasteiger partial charge on any atom is -0.481 e. The highest BCUT2D eigenvalue weighted by Crippen LogP contribution is 2.16. The van der Waals surface area contributed by atoms with Gasteiger partial charge in [-0.15, -0.1) is 0 Å². The maximum atomic E-state index is 11.7. The van der Waals surface area contributed by atoms with Crippen molar-refractivity contribution in [3.05, 3.63) is 59.7 Å². The van der Waals surface area contributed by atoms with Crippen LogP contribution in [0.2, 0.25) is 0 Å². The van der Waals surface area contributed by atoms with Crippen molar-refractivity contribution in [1.82, 2.24) is 0 Å². The summed E-state index contributed by atoms with van der Waals surface area (Å²) in [4.78, 5) is 23.3. The van der Waals surface area contributed by atoms with Gasteiger partial charge in [-0.1, -0.05) is 12.1 Å². The van der Waals surface area contributed by atoms with E-state index >= 15 is 0 Å². The number of nitrogens with one attached hydrogen (secondary N) is 1. The predicted octanol–water partition coefficient (Wildman–Crippen LogP) is 1.99. The van der Waals surface area contributed by atoms with E-state index < -0.39 is 25.1 Å². The predicted molar refractivity (Wildman–Crippen MR) is 87.4 cm³/mol. The van der Waals surface area contributed by atoms with Gasteiger partial charge in [-0.3, -0.25) is 4.79 Å². The Morgan fingerprint density at radius 3 is 2.36 bits per heavy atom. The molecular formula is C18H13N3O4. The number of hydrogen-bond donors (Lipinski definition) is 1. The quantitative estimate of drug-likeness (QED) is 0.808. The topological polar surface area (TPSA) is 112 Å². The van der Waals surface area contributed by atoms with Gasteiger partial charge in [0, 0.05) is 5.69 Å². The average molecular weight is 335 g/mol. The number of esters is 1. The average Bonchev–Trinajstić information content (AvgIpc) is 2.65. The summed E-state index contributed by atoms with van der Waals surface area (Å²) < 4.78 is 10.0. The number of benzene rings is 2. The van der Waals surface area contributed by atoms with Crippen molar-refractivity contribution in [2.45, 2.75) is 0 Å². The molecule has 0 saturated heterocycles. The lowest BCUT2D eigenvalue weighted by molar-refractivity contribution is -0.149. The van der Waals surface area contributed by atoms with Gasteiger partial charge in [-0.05, 0) is 36.4 Å². The summed E-state index contributed by atoms with van der Waals surface area (Å²) in [6, 6.07) is 16.6. The van der Waals surface area contributed by atoms with Crippen LogP contribution in [0.5, 0.6) is 5.75 Å². The molecule has 0 heterocycles. The summed E-state index contributed by atoms with van der Waals surface area (Å²) in [5.41, 5.74) is 1.26. The van der Waals surface area contributed by atoms with Gasteiger partial charge in [0.25, 0.3) is 5.91 Å². The van der Waals surface area contributed by atoms with Gasteiger partial charge in [0.1, 0.15) is 11.8 Å². The molecule has 0 atom stereocenters. The summed E-state index contributed by atoms with van der Waals surface area (Å²) in [6.07, 6.45) is 0. The minimum atomic E-state index is -0.734. The van der Waals surface area contributed by atoms with Crippen LogP contribution in [0, 0.1) is 22.7 Å². The molecule has 0 aliphatic rings. The number of anilines is 1. The van der Waals surface area contributed by atoms with E-state index in [0.29, 0.717) is 16.8 Å². The van der Waals surface area contributed by atoms with Crippen LogP contribution in [0.1, 0.15) is 11.1 Å². The fourth-order valence-corrected chi connectivity index (χ4v) is 1.83. The third-order valence-electron chi connectivity index (χ3n) is 3.02. The Morgan fingerprint density at radius 2 is 1.68 bits per heavy atom. The monoisotopic (exact) mass is 335 g/mol. The molecule has 7 nitrogen and oxygen atoms in total. The molecule has 2 aromatic rings. The van der Waals surface area contributed by atoms with Gasteiger partial charge < -0.3 is 14.8 Å². The van der Waals surface area contributed by atoms with Crippen LogP contribution in [-0.2, 0) is 14.3 Å². The summed E-state index contributed by atoms with van der Waals surface area (Å²) >= 11 is 0. The second kappa shape index (κ2) is 8.70. The van der Waals surface area contributed by atoms with Gasteiger partial charge in [-0.2, -0.15) is 10.5 Å². The highest BCUT2D eigenvalue weighted by Gasteiger charge is 2.10. The lowest BCUT2D eigenvalue weighted by Gasteiger charge is -2.08. The third kappa shape index (κ3) is 5.38. The van der Waals surface area contributed by atoms with Gasteiger partial charge in [-0.25, -0.2) is 4.79 Å². The molecule has 1 N–H and O–H groups in total. The van der Waals surface area contributed by atoms with E-state index in [9.17, 15) is 9.59 Å². The second-order valence-corrected chi connectivity index (χ2v) is 4.79. The van der Waals surface area contributed by atoms with Crippen LogP contribution >= 0.6 is 0 Å². The van der Waals surface area contributed by atoms with Crippen molar-refractivity contribution in [1.29, 1.82) is 10.5 Å². The Morgan fingerprint density at radius 1 is 0.960 bits per heavy atom. The second-order valence-electron chi connectivity index (χ2n) is 4.79. The molecule has 0 aliphatic heterocycles. The molecule has 124 valence electrons. The Hall–Kier alpha value is -3.84. The minimum absolute atomic E-state index is 0.268. The molecule has 1 amide bonds. The van der Waals surface area contributed by atoms with E-state index in [4.69, 9.17) is 20.0 Å². The lowest BCUT2D eigenvalue weighted by atomic mass is 10.2. The van der Waals surface area contributed by atoms with Gasteiger partial charge in [0.05, 0.1) is 17.2 Å². The molecule has 0 aromatic heterocycles. The number of para-hydroxylation sites is 1. The van der Waals surface area contributed by atoms with E-state index in [-0.39, 0.29) is 5.75 Å². The largest absolute Gasteiger partial charge is 0.481 e. The smallest absolute Gasteiger partial charge is 0.344 e. The summed E-state index contributed by atoms with van der Waals surface area (Å²) in [6.45, 7) is -0.884. The van der Waals surface area contributed by atoms with E-state index in [0.717, 1.165) is 0 Å². The maximum absolute atomic E-state index is 11.7. The summed E-state index contributed by atoms with van der Waals surface area (Å²) in [7, 11) is 0. The summed E-state index contributed by atoms with van der Waals surface area (Å²) in [5, 5.41) is 20.1. The van der Waals surface area contributed by atoms with Crippen molar-refractivity contribution >= 4 is 17.6 Å². The Kier molecular flexibility index (Phi) is 6.10. The highest BCUT2D eigenvalue weighted by atomic mass is 16.6. The highest BCUT2D eigenvalue weighted by molar-refractivity contribution is 5.92. The fourth-order valence-electron chi connectivity index (χ4n) is 1.83. The maximum Gasteiger partial charge on any atom is 0.344 e. The zero-order chi connectivity index (χ0) is 18.1. The first-order valence-electron chi connectivity index (χ1n) is 7.20. The van der Waals surface area contributed by atoms with Gasteiger partial charge in [0.2, 0.25) is 0 Å². The number of carbonyl (C=O) groups is 2. The molecule has 25 heavy (non-hydrogen) atoms. The van der Waals surface area contributed by atoms with Crippen molar-refractivity contribution in [2.75, 3.05) is 18.5 Å². The van der Waals surface area contributed by atoms with Crippen LogP contribution in [0.4, 0.5) is 5.69 Å². The molecule has 0 radical (unpaired) electrons. The lowest BCUT2D eigenvalue weighted by Crippen LogP contribution is -2.23. The molecule has 0 aliphatic carbocycles. The number of carbonyl (C=O) groups excluding carboxylic acids is 2. The Bertz CT molecular complexity index is 848. The first kappa shape index (κ1) is 17.5. The molecular weight excluding hydrogens is 322 g/mol.